The van der Waals surface area contributed by atoms with Gasteiger partial charge in [-0.05, 0) is 53.2 Å². The van der Waals surface area contributed by atoms with Crippen molar-refractivity contribution in [3.05, 3.63) is 132 Å². The summed E-state index contributed by atoms with van der Waals surface area (Å²) < 4.78 is 4.56. The molecule has 0 saturated carbocycles. The van der Waals surface area contributed by atoms with Gasteiger partial charge in [0.25, 0.3) is 0 Å². The lowest BCUT2D eigenvalue weighted by atomic mass is 10.1. The first-order valence-corrected chi connectivity index (χ1v) is 13.3. The number of para-hydroxylation sites is 3. The van der Waals surface area contributed by atoms with Crippen molar-refractivity contribution in [3.8, 4) is 17.4 Å². The second kappa shape index (κ2) is 8.42. The lowest BCUT2D eigenvalue weighted by molar-refractivity contribution is 1.09. The molecule has 1 N–H and O–H groups in total. The molecule has 0 atom stereocenters. The van der Waals surface area contributed by atoms with Crippen LogP contribution >= 0.6 is 0 Å². The van der Waals surface area contributed by atoms with Gasteiger partial charge in [0.05, 0.1) is 45.1 Å². The van der Waals surface area contributed by atoms with Crippen molar-refractivity contribution < 1.29 is 0 Å². The summed E-state index contributed by atoms with van der Waals surface area (Å²) in [5, 5.41) is 25.3. The molecule has 4 heteroatoms. The summed E-state index contributed by atoms with van der Waals surface area (Å²) in [7, 11) is 0. The Balaban J connectivity index is 1.60. The van der Waals surface area contributed by atoms with Gasteiger partial charge in [-0.25, -0.2) is 0 Å². The maximum atomic E-state index is 10.1. The number of hydrogen-bond donors (Lipinski definition) is 1. The predicted octanol–water partition coefficient (Wildman–Crippen LogP) is 8.90. The van der Waals surface area contributed by atoms with Gasteiger partial charge in [0, 0.05) is 33.3 Å². The molecule has 186 valence electrons. The molecule has 0 aliphatic heterocycles. The molecule has 0 saturated heterocycles. The third-order valence-electron chi connectivity index (χ3n) is 8.02. The van der Waals surface area contributed by atoms with Gasteiger partial charge in [0.2, 0.25) is 0 Å². The van der Waals surface area contributed by atoms with Crippen molar-refractivity contribution in [2.45, 2.75) is 0 Å². The Kier molecular flexibility index (Phi) is 4.70. The van der Waals surface area contributed by atoms with E-state index in [-0.39, 0.29) is 0 Å². The number of nitrogens with one attached hydrogen (secondary N) is 1. The highest BCUT2D eigenvalue weighted by atomic mass is 15.1. The average Bonchev–Trinajstić information content (AvgIpc) is 3.51. The van der Waals surface area contributed by atoms with E-state index in [4.69, 9.17) is 5.41 Å². The lowest BCUT2D eigenvalue weighted by Gasteiger charge is -2.18. The molecule has 0 aliphatic rings. The largest absolute Gasteiger partial charge is 0.308 e. The zero-order valence-corrected chi connectivity index (χ0v) is 21.5. The minimum atomic E-state index is 0.474. The van der Waals surface area contributed by atoms with Crippen LogP contribution in [0.2, 0.25) is 0 Å². The second-order valence-corrected chi connectivity index (χ2v) is 10.1. The van der Waals surface area contributed by atoms with Crippen LogP contribution in [0, 0.1) is 16.7 Å². The normalized spacial score (nSPS) is 11.6. The molecular formula is C36H22N4. The van der Waals surface area contributed by atoms with Crippen molar-refractivity contribution in [1.82, 2.24) is 9.13 Å². The number of nitrogens with zero attached hydrogens (tertiary/aromatic N) is 3. The van der Waals surface area contributed by atoms with E-state index >= 15 is 0 Å². The molecule has 6 aromatic carbocycles. The van der Waals surface area contributed by atoms with Crippen LogP contribution < -0.4 is 0 Å². The first-order valence-electron chi connectivity index (χ1n) is 13.3. The van der Waals surface area contributed by atoms with Gasteiger partial charge >= 0.3 is 0 Å². The highest BCUT2D eigenvalue weighted by Crippen LogP contribution is 2.39. The minimum absolute atomic E-state index is 0.474. The number of fused-ring (bicyclic) bond motifs is 7. The minimum Gasteiger partial charge on any atom is -0.308 e. The lowest BCUT2D eigenvalue weighted by Crippen LogP contribution is -2.06. The summed E-state index contributed by atoms with van der Waals surface area (Å²) in [4.78, 5) is 0. The first-order chi connectivity index (χ1) is 19.8. The molecule has 8 aromatic rings. The third kappa shape index (κ3) is 3.03. The number of benzene rings is 6. The average molecular weight is 511 g/mol. The monoisotopic (exact) mass is 510 g/mol. The van der Waals surface area contributed by atoms with Crippen LogP contribution in [0.25, 0.3) is 65.8 Å². The van der Waals surface area contributed by atoms with Crippen molar-refractivity contribution in [1.29, 1.82) is 10.7 Å². The maximum absolute atomic E-state index is 10.1. The third-order valence-corrected chi connectivity index (χ3v) is 8.02. The van der Waals surface area contributed by atoms with Crippen molar-refractivity contribution in [3.63, 3.8) is 0 Å². The van der Waals surface area contributed by atoms with Gasteiger partial charge in [-0.15, -0.1) is 0 Å². The SMILES string of the molecule is N#Cc1cc(-n2c3ccccc3c3ccccc32)c(-n2c3ccccc3c3cc4ccccc4cc32)cc1C=N. The topological polar surface area (TPSA) is 57.5 Å². The molecule has 0 unspecified atom stereocenters. The number of rotatable bonds is 3. The van der Waals surface area contributed by atoms with Gasteiger partial charge in [0.15, 0.2) is 0 Å². The molecule has 8 rings (SSSR count). The molecule has 2 aromatic heterocycles. The molecule has 0 amide bonds. The molecule has 0 radical (unpaired) electrons. The Morgan fingerprint density at radius 3 is 1.57 bits per heavy atom. The van der Waals surface area contributed by atoms with Crippen LogP contribution in [0.5, 0.6) is 0 Å². The second-order valence-electron chi connectivity index (χ2n) is 10.1. The van der Waals surface area contributed by atoms with E-state index in [0.717, 1.165) is 49.6 Å². The van der Waals surface area contributed by atoms with E-state index in [2.05, 4.69) is 124 Å². The first kappa shape index (κ1) is 22.3. The molecule has 0 fully saturated rings. The van der Waals surface area contributed by atoms with Crippen molar-refractivity contribution in [2.24, 2.45) is 0 Å². The van der Waals surface area contributed by atoms with Crippen LogP contribution in [-0.4, -0.2) is 15.3 Å². The summed E-state index contributed by atoms with van der Waals surface area (Å²) in [6, 6.07) is 44.5. The van der Waals surface area contributed by atoms with E-state index in [1.54, 1.807) is 0 Å². The number of hydrogen-bond acceptors (Lipinski definition) is 2. The highest BCUT2D eigenvalue weighted by Gasteiger charge is 2.21. The Morgan fingerprint density at radius 1 is 0.525 bits per heavy atom. The van der Waals surface area contributed by atoms with E-state index in [0.29, 0.717) is 11.1 Å². The van der Waals surface area contributed by atoms with Gasteiger partial charge in [-0.2, -0.15) is 5.26 Å². The zero-order chi connectivity index (χ0) is 26.8. The van der Waals surface area contributed by atoms with E-state index < -0.39 is 0 Å². The smallest absolute Gasteiger partial charge is 0.0999 e. The van der Waals surface area contributed by atoms with Gasteiger partial charge in [-0.1, -0.05) is 78.9 Å². The fourth-order valence-electron chi connectivity index (χ4n) is 6.26. The zero-order valence-electron chi connectivity index (χ0n) is 21.5. The molecule has 2 heterocycles. The Labute approximate surface area is 230 Å². The van der Waals surface area contributed by atoms with E-state index in [9.17, 15) is 5.26 Å². The van der Waals surface area contributed by atoms with E-state index in [1.807, 2.05) is 12.1 Å². The maximum Gasteiger partial charge on any atom is 0.0999 e. The Bertz CT molecular complexity index is 2310. The molecule has 0 aliphatic carbocycles. The van der Waals surface area contributed by atoms with Gasteiger partial charge in [-0.3, -0.25) is 0 Å². The quantitative estimate of drug-likeness (QED) is 0.237. The Morgan fingerprint density at radius 2 is 1.00 bits per heavy atom. The van der Waals surface area contributed by atoms with Crippen LogP contribution in [-0.2, 0) is 0 Å². The summed E-state index contributed by atoms with van der Waals surface area (Å²) >= 11 is 0. The summed E-state index contributed by atoms with van der Waals surface area (Å²) in [5.41, 5.74) is 7.19. The summed E-state index contributed by atoms with van der Waals surface area (Å²) in [5.74, 6) is 0. The van der Waals surface area contributed by atoms with Gasteiger partial charge < -0.3 is 14.5 Å². The highest BCUT2D eigenvalue weighted by molar-refractivity contribution is 6.14. The predicted molar refractivity (Wildman–Crippen MR) is 165 cm³/mol. The standard InChI is InChI=1S/C36H22N4/c37-21-25-19-35(39-31-14-6-3-11-27(31)28-12-4-7-15-32(28)39)36(20-26(25)22-38)40-33-16-8-5-13-29(33)30-17-23-9-1-2-10-24(23)18-34(30)40/h1-20,22,38H. The van der Waals surface area contributed by atoms with Crippen LogP contribution in [0.15, 0.2) is 121 Å². The summed E-state index contributed by atoms with van der Waals surface area (Å²) in [6.07, 6.45) is 1.28. The van der Waals surface area contributed by atoms with Crippen molar-refractivity contribution >= 4 is 60.6 Å². The molecule has 40 heavy (non-hydrogen) atoms. The van der Waals surface area contributed by atoms with Crippen LogP contribution in [0.3, 0.4) is 0 Å². The van der Waals surface area contributed by atoms with Crippen molar-refractivity contribution in [2.75, 3.05) is 0 Å². The van der Waals surface area contributed by atoms with Crippen LogP contribution in [0.1, 0.15) is 11.1 Å². The molecule has 0 bridgehead atoms. The molecule has 0 spiro atoms. The molecule has 4 nitrogen and oxygen atoms in total. The van der Waals surface area contributed by atoms with E-state index in [1.165, 1.54) is 22.4 Å². The van der Waals surface area contributed by atoms with Gasteiger partial charge in [0.1, 0.15) is 0 Å². The Hall–Kier alpha value is -5.66. The number of nitriles is 1. The fourth-order valence-corrected chi connectivity index (χ4v) is 6.26. The number of aromatic nitrogens is 2. The molecular weight excluding hydrogens is 488 g/mol. The fraction of sp³-hybridized carbons (Fsp3) is 0. The van der Waals surface area contributed by atoms with Crippen LogP contribution in [0.4, 0.5) is 0 Å². The summed E-state index contributed by atoms with van der Waals surface area (Å²) in [6.45, 7) is 0.